The fraction of sp³-hybridized carbons (Fsp3) is 1.00. The molecule has 0 aliphatic rings. The zero-order valence-corrected chi connectivity index (χ0v) is 9.10. The van der Waals surface area contributed by atoms with Gasteiger partial charge >= 0.3 is 7.55 Å². The Morgan fingerprint density at radius 1 is 1.08 bits per heavy atom. The first-order valence-electron chi connectivity index (χ1n) is 4.73. The fourth-order valence-electron chi connectivity index (χ4n) is 1.70. The van der Waals surface area contributed by atoms with Gasteiger partial charge < -0.3 is 9.12 Å². The summed E-state index contributed by atoms with van der Waals surface area (Å²) < 4.78 is 1.42. The molecular weight excluding hydrogens is 146 g/mol. The molecule has 1 N–H and O–H groups in total. The molecule has 0 bridgehead atoms. The van der Waals surface area contributed by atoms with Gasteiger partial charge in [-0.1, -0.05) is 0 Å². The molecule has 0 atom stereocenters. The highest BCUT2D eigenvalue weighted by atomic mass is 15.3. The van der Waals surface area contributed by atoms with Crippen LogP contribution >= 0.6 is 0 Å². The van der Waals surface area contributed by atoms with E-state index >= 15 is 0 Å². The molecule has 0 unspecified atom stereocenters. The maximum atomic E-state index is 2.42. The van der Waals surface area contributed by atoms with Crippen molar-refractivity contribution >= 4 is 15.5 Å². The number of hydrogen-bond donors (Lipinski definition) is 1. The van der Waals surface area contributed by atoms with E-state index in [0.29, 0.717) is 7.98 Å². The van der Waals surface area contributed by atoms with Crippen molar-refractivity contribution in [2.75, 3.05) is 14.1 Å². The van der Waals surface area contributed by atoms with E-state index in [1.165, 1.54) is 4.31 Å². The van der Waals surface area contributed by atoms with Crippen LogP contribution in [0, 0.1) is 0 Å². The van der Waals surface area contributed by atoms with Gasteiger partial charge in [-0.2, -0.15) is 0 Å². The molecule has 4 heteroatoms. The normalized spacial score (nSPS) is 13.5. The van der Waals surface area contributed by atoms with Gasteiger partial charge in [0.15, 0.2) is 0 Å². The number of nitrogens with one attached hydrogen (secondary N) is 1. The van der Waals surface area contributed by atoms with Gasteiger partial charge in [-0.05, 0) is 41.8 Å². The van der Waals surface area contributed by atoms with Crippen LogP contribution in [-0.2, 0) is 0 Å². The molecular formula is C8H26B2N2. The molecule has 0 aromatic carbocycles. The minimum absolute atomic E-state index is 0.162. The Hall–Kier alpha value is 0.0499. The summed E-state index contributed by atoms with van der Waals surface area (Å²) in [6.07, 6.45) is 0. The predicted octanol–water partition coefficient (Wildman–Crippen LogP) is -1.96. The lowest BCUT2D eigenvalue weighted by molar-refractivity contribution is -0.886. The summed E-state index contributed by atoms with van der Waals surface area (Å²) in [6.45, 7) is 9.42. The smallest absolute Gasteiger partial charge is 0.343 e. The van der Waals surface area contributed by atoms with Gasteiger partial charge in [0.25, 0.3) is 0 Å². The van der Waals surface area contributed by atoms with E-state index in [9.17, 15) is 0 Å². The Kier molecular flexibility index (Phi) is 4.35. The quantitative estimate of drug-likeness (QED) is 0.470. The van der Waals surface area contributed by atoms with Gasteiger partial charge in [-0.25, -0.2) is 0 Å². The highest BCUT2D eigenvalue weighted by Crippen LogP contribution is 1.82. The number of nitrogens with zero attached hydrogens (tertiary/aromatic N) is 1. The monoisotopic (exact) mass is 172 g/mol. The molecule has 0 radical (unpaired) electrons. The van der Waals surface area contributed by atoms with Gasteiger partial charge in [-0.3, -0.25) is 0 Å². The summed E-state index contributed by atoms with van der Waals surface area (Å²) >= 11 is 0. The average molecular weight is 172 g/mol. The van der Waals surface area contributed by atoms with Crippen molar-refractivity contribution in [2.45, 2.75) is 39.8 Å². The lowest BCUT2D eigenvalue weighted by Gasteiger charge is -2.48. The zero-order chi connectivity index (χ0) is 9.94. The third-order valence-electron chi connectivity index (χ3n) is 2.53. The number of quaternary nitrogens is 2. The summed E-state index contributed by atoms with van der Waals surface area (Å²) in [7, 11) is 5.48. The highest BCUT2D eigenvalue weighted by molar-refractivity contribution is 6.24. The summed E-state index contributed by atoms with van der Waals surface area (Å²) in [5.74, 6) is 0. The summed E-state index contributed by atoms with van der Waals surface area (Å²) in [5.41, 5.74) is 0. The van der Waals surface area contributed by atoms with Crippen LogP contribution < -0.4 is 4.81 Å². The second kappa shape index (κ2) is 4.33. The predicted molar refractivity (Wildman–Crippen MR) is 61.8 cm³/mol. The molecule has 0 heterocycles. The standard InChI is InChI=1S/C8H26B2N2/c1-7(2)11(8(3)4)10-12(5,6)9/h7-8,11H,10H2,1-6,9H3. The van der Waals surface area contributed by atoms with E-state index in [1.807, 2.05) is 4.81 Å². The second-order valence-corrected chi connectivity index (χ2v) is 4.62. The van der Waals surface area contributed by atoms with E-state index in [-0.39, 0.29) is 7.55 Å². The van der Waals surface area contributed by atoms with Crippen molar-refractivity contribution in [3.63, 3.8) is 0 Å². The lowest BCUT2D eigenvalue weighted by atomic mass is 9.91. The van der Waals surface area contributed by atoms with Crippen molar-refractivity contribution in [1.29, 1.82) is 0 Å². The van der Waals surface area contributed by atoms with Gasteiger partial charge in [0.05, 0.1) is 0 Å². The zero-order valence-electron chi connectivity index (χ0n) is 9.10. The summed E-state index contributed by atoms with van der Waals surface area (Å²) in [5, 5.41) is 0. The van der Waals surface area contributed by atoms with Crippen molar-refractivity contribution < 1.29 is 9.12 Å². The van der Waals surface area contributed by atoms with Crippen molar-refractivity contribution in [2.24, 2.45) is 0 Å². The first kappa shape index (κ1) is 12.0. The largest absolute Gasteiger partial charge is 0.683 e. The molecule has 0 fully saturated rings. The van der Waals surface area contributed by atoms with E-state index in [1.54, 1.807) is 0 Å². The topological polar surface area (TPSA) is 4.44 Å². The lowest BCUT2D eigenvalue weighted by Crippen LogP contribution is -3.21. The van der Waals surface area contributed by atoms with Crippen molar-refractivity contribution in [1.82, 2.24) is 0 Å². The average Bonchev–Trinajstić information content (AvgIpc) is 1.79. The first-order valence-corrected chi connectivity index (χ1v) is 4.73. The van der Waals surface area contributed by atoms with Crippen LogP contribution in [0.5, 0.6) is 0 Å². The maximum Gasteiger partial charge on any atom is 0.343 e. The van der Waals surface area contributed by atoms with E-state index in [2.05, 4.69) is 41.8 Å². The Morgan fingerprint density at radius 2 is 1.42 bits per heavy atom. The van der Waals surface area contributed by atoms with Gasteiger partial charge in [0.2, 0.25) is 0 Å². The molecule has 0 aliphatic heterocycles. The molecule has 74 valence electrons. The highest BCUT2D eigenvalue weighted by Gasteiger charge is 2.15. The van der Waals surface area contributed by atoms with Crippen LogP contribution in [0.25, 0.3) is 0 Å². The summed E-state index contributed by atoms with van der Waals surface area (Å²) in [6, 6.07) is 1.64. The molecule has 0 spiro atoms. The fourth-order valence-corrected chi connectivity index (χ4v) is 1.70. The SMILES string of the molecule is [BH3-][N+](C)(C)[BH2-][NH+](C(C)C)C(C)C. The Bertz CT molecular complexity index is 122. The van der Waals surface area contributed by atoms with Gasteiger partial charge in [-0.15, -0.1) is 0 Å². The molecule has 0 aliphatic carbocycles. The molecule has 0 saturated carbocycles. The Morgan fingerprint density at radius 3 is 1.50 bits per heavy atom. The minimum Gasteiger partial charge on any atom is -0.683 e. The Labute approximate surface area is 79.2 Å². The molecule has 2 nitrogen and oxygen atoms in total. The van der Waals surface area contributed by atoms with Crippen molar-refractivity contribution in [3.8, 4) is 0 Å². The number of hydrogen-bond acceptors (Lipinski definition) is 0. The van der Waals surface area contributed by atoms with Crippen LogP contribution in [0.15, 0.2) is 0 Å². The third kappa shape index (κ3) is 4.83. The first-order chi connectivity index (χ1) is 5.24. The summed E-state index contributed by atoms with van der Waals surface area (Å²) in [4.78, 5) is 1.87. The van der Waals surface area contributed by atoms with Crippen LogP contribution in [0.1, 0.15) is 27.7 Å². The third-order valence-corrected chi connectivity index (χ3v) is 2.53. The van der Waals surface area contributed by atoms with Gasteiger partial charge in [0.1, 0.15) is 7.98 Å². The minimum atomic E-state index is 0.162. The van der Waals surface area contributed by atoms with E-state index in [4.69, 9.17) is 0 Å². The molecule has 0 amide bonds. The second-order valence-electron chi connectivity index (χ2n) is 4.62. The van der Waals surface area contributed by atoms with Gasteiger partial charge in [0, 0.05) is 12.1 Å². The van der Waals surface area contributed by atoms with Crippen LogP contribution in [-0.4, -0.2) is 46.0 Å². The molecule has 0 aromatic heterocycles. The van der Waals surface area contributed by atoms with E-state index in [0.717, 1.165) is 12.1 Å². The maximum absolute atomic E-state index is 2.42. The van der Waals surface area contributed by atoms with Crippen LogP contribution in [0.3, 0.4) is 0 Å². The molecule has 0 aromatic rings. The number of rotatable bonds is 4. The van der Waals surface area contributed by atoms with Crippen molar-refractivity contribution in [3.05, 3.63) is 0 Å². The molecule has 12 heavy (non-hydrogen) atoms. The molecule has 0 saturated heterocycles. The Balaban J connectivity index is 4.15. The van der Waals surface area contributed by atoms with Crippen LogP contribution in [0.2, 0.25) is 0 Å². The van der Waals surface area contributed by atoms with E-state index < -0.39 is 0 Å². The molecule has 0 rings (SSSR count). The van der Waals surface area contributed by atoms with Crippen LogP contribution in [0.4, 0.5) is 0 Å².